The van der Waals surface area contributed by atoms with Gasteiger partial charge in [-0.15, -0.1) is 0 Å². The van der Waals surface area contributed by atoms with E-state index in [1.54, 1.807) is 0 Å². The third-order valence-electron chi connectivity index (χ3n) is 0.330. The molecule has 0 amide bonds. The Hall–Kier alpha value is 0.660. The third-order valence-corrected chi connectivity index (χ3v) is 1.86. The minimum Gasteiger partial charge on any atom is -0.330 e. The van der Waals surface area contributed by atoms with Gasteiger partial charge < -0.3 is 5.73 Å². The van der Waals surface area contributed by atoms with E-state index in [4.69, 9.17) is 14.0 Å². The van der Waals surface area contributed by atoms with E-state index < -0.39 is 24.3 Å². The average Bonchev–Trinajstić information content (AvgIpc) is 1.98. The van der Waals surface area contributed by atoms with Crippen molar-refractivity contribution in [3.8, 4) is 0 Å². The van der Waals surface area contributed by atoms with Crippen LogP contribution in [0.1, 0.15) is 21.5 Å². The second-order valence-corrected chi connectivity index (χ2v) is 2.78. The Labute approximate surface area is 67.6 Å². The van der Waals surface area contributed by atoms with Crippen molar-refractivity contribution in [2.45, 2.75) is 13.3 Å². The highest BCUT2D eigenvalue weighted by Crippen LogP contribution is 2.20. The number of hydrogen-bond donors (Lipinski definition) is 1. The molecule has 0 radical (unpaired) electrons. The summed E-state index contributed by atoms with van der Waals surface area (Å²) >= 11 is 0. The predicted octanol–water partition coefficient (Wildman–Crippen LogP) is 1.74. The van der Waals surface area contributed by atoms with Gasteiger partial charge in [-0.05, 0) is 6.37 Å². The van der Waals surface area contributed by atoms with E-state index in [9.17, 15) is 0 Å². The summed E-state index contributed by atoms with van der Waals surface area (Å²) in [6.45, 7) is -0.135. The predicted molar refractivity (Wildman–Crippen MR) is 44.3 cm³/mol. The zero-order chi connectivity index (χ0) is 11.6. The van der Waals surface area contributed by atoms with Gasteiger partial charge in [0.05, 0.1) is 0 Å². The van der Waals surface area contributed by atoms with Gasteiger partial charge in [-0.1, -0.05) is 28.5 Å². The molecule has 3 heteroatoms. The topological polar surface area (TPSA) is 26.0 Å². The van der Waals surface area contributed by atoms with Crippen molar-refractivity contribution in [2.24, 2.45) is 5.73 Å². The van der Waals surface area contributed by atoms with Crippen molar-refractivity contribution in [1.29, 1.82) is 0 Å². The first-order valence-corrected chi connectivity index (χ1v) is 4.23. The second-order valence-electron chi connectivity index (χ2n) is 0.871. The van der Waals surface area contributed by atoms with Crippen LogP contribution >= 0.6 is 21.6 Å². The van der Waals surface area contributed by atoms with E-state index in [1.165, 1.54) is 6.92 Å². The molecule has 0 aliphatic rings. The van der Waals surface area contributed by atoms with Crippen molar-refractivity contribution in [3.05, 3.63) is 0 Å². The molecule has 0 aliphatic heterocycles. The highest BCUT2D eigenvalue weighted by atomic mass is 33.1. The first kappa shape index (κ1) is 2.72. The molecule has 0 rings (SSSR count). The maximum Gasteiger partial charge on any atom is 0.0434 e. The van der Waals surface area contributed by atoms with Crippen LogP contribution in [0.3, 0.4) is 0 Å². The summed E-state index contributed by atoms with van der Waals surface area (Å²) in [4.78, 5) is 0. The molecule has 2 unspecified atom stereocenters. The van der Waals surface area contributed by atoms with Crippen molar-refractivity contribution in [1.82, 2.24) is 0 Å². The van der Waals surface area contributed by atoms with Crippen molar-refractivity contribution in [2.75, 3.05) is 18.0 Å². The van der Waals surface area contributed by atoms with Gasteiger partial charge in [0.25, 0.3) is 0 Å². The van der Waals surface area contributed by atoms with E-state index in [-0.39, 0.29) is 0 Å². The Morgan fingerprint density at radius 3 is 2.88 bits per heavy atom. The van der Waals surface area contributed by atoms with Gasteiger partial charge in [-0.25, -0.2) is 0 Å². The van der Waals surface area contributed by atoms with Crippen LogP contribution in [0.15, 0.2) is 0 Å². The summed E-state index contributed by atoms with van der Waals surface area (Å²) in [5.74, 6) is 0. The molecule has 2 N–H and O–H groups in total. The van der Waals surface area contributed by atoms with Crippen molar-refractivity contribution < 1.29 is 8.22 Å². The quantitative estimate of drug-likeness (QED) is 0.616. The summed E-state index contributed by atoms with van der Waals surface area (Å²) in [6.07, 6.45) is -1.69. The Bertz CT molecular complexity index is 182. The molecule has 0 saturated carbocycles. The highest BCUT2D eigenvalue weighted by Gasteiger charge is 1.83. The van der Waals surface area contributed by atoms with Gasteiger partial charge in [0.15, 0.2) is 0 Å². The summed E-state index contributed by atoms with van der Waals surface area (Å²) in [5, 5.41) is 0. The molecular formula is C5H13NS2. The van der Waals surface area contributed by atoms with E-state index >= 15 is 0 Å². The zero-order valence-electron chi connectivity index (χ0n) is 10.5. The molecule has 0 fully saturated rings. The second kappa shape index (κ2) is 7.66. The molecular weight excluding hydrogens is 138 g/mol. The fraction of sp³-hybridized carbons (Fsp3) is 1.00. The van der Waals surface area contributed by atoms with Crippen LogP contribution in [0.25, 0.3) is 0 Å². The van der Waals surface area contributed by atoms with Crippen LogP contribution in [0.4, 0.5) is 0 Å². The molecule has 0 heterocycles. The fourth-order valence-electron chi connectivity index (χ4n) is 0.128. The first-order chi connectivity index (χ1) is 6.07. The van der Waals surface area contributed by atoms with Gasteiger partial charge in [-0.2, -0.15) is 0 Å². The first-order valence-electron chi connectivity index (χ1n) is 5.17. The lowest BCUT2D eigenvalue weighted by Gasteiger charge is -1.93. The Balaban J connectivity index is 4.07. The molecule has 0 saturated heterocycles. The van der Waals surface area contributed by atoms with Gasteiger partial charge in [0.1, 0.15) is 0 Å². The maximum absolute atomic E-state index is 7.34. The Morgan fingerprint density at radius 1 is 1.62 bits per heavy atom. The third kappa shape index (κ3) is 6.66. The molecule has 2 atom stereocenters. The highest BCUT2D eigenvalue weighted by molar-refractivity contribution is 8.76. The molecule has 0 spiro atoms. The standard InChI is InChI=1S/C5H13NS2/c1-2-4-7-8-5-3-6/h2-6H2,1H3/i2D2,3D,4D,5D2. The molecule has 0 aromatic heterocycles. The Kier molecular flexibility index (Phi) is 2.61. The summed E-state index contributed by atoms with van der Waals surface area (Å²) in [5.41, 5.74) is 2.01. The summed E-state index contributed by atoms with van der Waals surface area (Å²) < 4.78 is 43.3. The summed E-state index contributed by atoms with van der Waals surface area (Å²) in [6, 6.07) is 0. The monoisotopic (exact) mass is 157 g/mol. The molecule has 0 bridgehead atoms. The number of nitrogens with two attached hydrogens (primary N) is 1. The Morgan fingerprint density at radius 2 is 2.38 bits per heavy atom. The van der Waals surface area contributed by atoms with Crippen LogP contribution in [0, 0.1) is 0 Å². The van der Waals surface area contributed by atoms with E-state index in [2.05, 4.69) is 0 Å². The van der Waals surface area contributed by atoms with Crippen LogP contribution in [0.5, 0.6) is 0 Å². The van der Waals surface area contributed by atoms with E-state index in [0.29, 0.717) is 10.8 Å². The van der Waals surface area contributed by atoms with Crippen LogP contribution in [-0.2, 0) is 0 Å². The fourth-order valence-corrected chi connectivity index (χ4v) is 1.15. The smallest absolute Gasteiger partial charge is 0.0434 e. The number of rotatable bonds is 5. The molecule has 0 aromatic rings. The largest absolute Gasteiger partial charge is 0.330 e. The lowest BCUT2D eigenvalue weighted by atomic mass is 10.6. The minimum atomic E-state index is -1.96. The summed E-state index contributed by atoms with van der Waals surface area (Å²) in [7, 11) is 1.38. The normalized spacial score (nSPS) is 32.2. The van der Waals surface area contributed by atoms with Crippen molar-refractivity contribution in [3.63, 3.8) is 0 Å². The maximum atomic E-state index is 7.34. The lowest BCUT2D eigenvalue weighted by molar-refractivity contribution is 1.11. The van der Waals surface area contributed by atoms with Gasteiger partial charge in [-0.3, -0.25) is 0 Å². The molecule has 0 aromatic carbocycles. The van der Waals surface area contributed by atoms with Crippen LogP contribution in [-0.4, -0.2) is 18.0 Å². The molecule has 1 nitrogen and oxygen atoms in total. The van der Waals surface area contributed by atoms with Gasteiger partial charge >= 0.3 is 0 Å². The SMILES string of the molecule is [2H]C(SSC([2H])([2H])C([2H])N)C([2H])([2H])C. The lowest BCUT2D eigenvalue weighted by Crippen LogP contribution is -1.99. The van der Waals surface area contributed by atoms with E-state index in [1.807, 2.05) is 0 Å². The zero-order valence-corrected chi connectivity index (χ0v) is 6.18. The van der Waals surface area contributed by atoms with Crippen LogP contribution < -0.4 is 5.73 Å². The average molecular weight is 157 g/mol. The number of hydrogen-bond acceptors (Lipinski definition) is 3. The molecule has 0 aliphatic carbocycles. The van der Waals surface area contributed by atoms with E-state index in [0.717, 1.165) is 10.8 Å². The van der Waals surface area contributed by atoms with Crippen molar-refractivity contribution >= 4 is 21.6 Å². The van der Waals surface area contributed by atoms with Gasteiger partial charge in [0.2, 0.25) is 0 Å². The van der Waals surface area contributed by atoms with Crippen LogP contribution in [0.2, 0.25) is 0 Å². The minimum absolute atomic E-state index is 0.632. The molecule has 50 valence electrons. The van der Waals surface area contributed by atoms with Gasteiger partial charge in [0, 0.05) is 26.2 Å². The molecule has 8 heavy (non-hydrogen) atoms.